The molecule has 0 aliphatic heterocycles. The Morgan fingerprint density at radius 3 is 2.59 bits per heavy atom. The quantitative estimate of drug-likeness (QED) is 0.455. The molecule has 0 aromatic rings. The molecule has 0 spiro atoms. The lowest BCUT2D eigenvalue weighted by molar-refractivity contribution is -0.185. The molecule has 178 valence electrons. The monoisotopic (exact) mass is 472 g/mol. The molecule has 32 heavy (non-hydrogen) atoms. The lowest BCUT2D eigenvalue weighted by Gasteiger charge is -2.60. The molecule has 0 amide bonds. The van der Waals surface area contributed by atoms with Crippen molar-refractivity contribution in [3.05, 3.63) is 23.8 Å². The molecular weight excluding hydrogens is 442 g/mol. The van der Waals surface area contributed by atoms with E-state index in [-0.39, 0.29) is 36.4 Å². The fraction of sp³-hybridized carbons (Fsp3) is 0.727. The highest BCUT2D eigenvalue weighted by atomic mass is 31.2. The van der Waals surface area contributed by atoms with E-state index in [1.807, 2.05) is 6.92 Å². The van der Waals surface area contributed by atoms with Crippen LogP contribution in [0.4, 0.5) is 4.39 Å². The van der Waals surface area contributed by atoms with Crippen molar-refractivity contribution in [1.29, 1.82) is 0 Å². The highest BCUT2D eigenvalue weighted by Gasteiger charge is 2.71. The Morgan fingerprint density at radius 2 is 1.97 bits per heavy atom. The van der Waals surface area contributed by atoms with Gasteiger partial charge in [-0.25, -0.2) is 8.96 Å². The van der Waals surface area contributed by atoms with Crippen LogP contribution in [0.25, 0.3) is 0 Å². The first-order valence-corrected chi connectivity index (χ1v) is 12.4. The average molecular weight is 472 g/mol. The maximum atomic E-state index is 15.3. The lowest BCUT2D eigenvalue weighted by Crippen LogP contribution is -2.63. The van der Waals surface area contributed by atoms with Gasteiger partial charge in [-0.2, -0.15) is 0 Å². The predicted octanol–water partition coefficient (Wildman–Crippen LogP) is 1.87. The van der Waals surface area contributed by atoms with Crippen LogP contribution < -0.4 is 0 Å². The molecule has 4 aliphatic rings. The number of hydrogen-bond acceptors (Lipinski definition) is 6. The summed E-state index contributed by atoms with van der Waals surface area (Å²) in [7, 11) is -4.91. The van der Waals surface area contributed by atoms with Gasteiger partial charge in [0.2, 0.25) is 0 Å². The molecular formula is C22H30FO8P. The minimum Gasteiger partial charge on any atom is -0.393 e. The summed E-state index contributed by atoms with van der Waals surface area (Å²) in [6.45, 7) is 4.24. The standard InChI is InChI=1S/C22H30FO8P/c1-11-6-14-13-8-16(23)15-7-12(24)4-5-20(15,2)19(13)17(25)9-21(14,3)22(11,27)18(26)10-31-32(28,29)30/h4-5,7,11,13-14,16-17,19,25,27H,6,8-10H2,1-3H3,(H2,28,29,30)/t11-,13?,14?,16+,17?,19?,20+,21+,22+/m1/s1. The van der Waals surface area contributed by atoms with Crippen molar-refractivity contribution in [1.82, 2.24) is 0 Å². The number of allylic oxidation sites excluding steroid dienone is 4. The Hall–Kier alpha value is -1.22. The van der Waals surface area contributed by atoms with Crippen LogP contribution in [-0.2, 0) is 18.7 Å². The molecule has 0 saturated heterocycles. The zero-order valence-electron chi connectivity index (χ0n) is 18.3. The van der Waals surface area contributed by atoms with E-state index < -0.39 is 54.8 Å². The van der Waals surface area contributed by atoms with Crippen LogP contribution in [0, 0.1) is 34.5 Å². The molecule has 4 unspecified atom stereocenters. The molecule has 10 heteroatoms. The van der Waals surface area contributed by atoms with Gasteiger partial charge in [-0.15, -0.1) is 0 Å². The van der Waals surface area contributed by atoms with Gasteiger partial charge < -0.3 is 20.0 Å². The van der Waals surface area contributed by atoms with Gasteiger partial charge in [-0.1, -0.05) is 26.8 Å². The number of rotatable bonds is 4. The third-order valence-corrected chi connectivity index (χ3v) is 9.31. The number of halogens is 1. The molecule has 3 fully saturated rings. The fourth-order valence-electron chi connectivity index (χ4n) is 7.52. The highest BCUT2D eigenvalue weighted by molar-refractivity contribution is 7.46. The van der Waals surface area contributed by atoms with Gasteiger partial charge in [0.25, 0.3) is 0 Å². The van der Waals surface area contributed by atoms with Crippen molar-refractivity contribution >= 4 is 19.4 Å². The third-order valence-electron chi connectivity index (χ3n) is 8.85. The van der Waals surface area contributed by atoms with Crippen molar-refractivity contribution in [2.75, 3.05) is 6.61 Å². The van der Waals surface area contributed by atoms with E-state index in [1.54, 1.807) is 19.9 Å². The topological polar surface area (TPSA) is 141 Å². The molecule has 0 radical (unpaired) electrons. The summed E-state index contributed by atoms with van der Waals surface area (Å²) in [5, 5.41) is 22.9. The van der Waals surface area contributed by atoms with Gasteiger partial charge >= 0.3 is 7.82 Å². The van der Waals surface area contributed by atoms with Gasteiger partial charge in [0.15, 0.2) is 11.6 Å². The lowest BCUT2D eigenvalue weighted by atomic mass is 9.46. The summed E-state index contributed by atoms with van der Waals surface area (Å²) in [5.74, 6) is -2.77. The van der Waals surface area contributed by atoms with E-state index in [0.717, 1.165) is 0 Å². The molecule has 0 aromatic heterocycles. The Kier molecular flexibility index (Phi) is 5.52. The number of hydrogen-bond donors (Lipinski definition) is 4. The van der Waals surface area contributed by atoms with Gasteiger partial charge in [0.1, 0.15) is 18.4 Å². The van der Waals surface area contributed by atoms with Crippen molar-refractivity contribution < 1.29 is 43.1 Å². The van der Waals surface area contributed by atoms with E-state index in [9.17, 15) is 24.4 Å². The summed E-state index contributed by atoms with van der Waals surface area (Å²) in [6, 6.07) is 0. The van der Waals surface area contributed by atoms with E-state index in [2.05, 4.69) is 4.52 Å². The number of aliphatic hydroxyl groups excluding tert-OH is 1. The first-order chi connectivity index (χ1) is 14.6. The van der Waals surface area contributed by atoms with Gasteiger partial charge in [0, 0.05) is 16.7 Å². The SMILES string of the molecule is C[C@@H]1CC2C3C[C@H](F)C4=CC(=O)C=C[C@]4(C)C3C(O)C[C@]2(C)[C@@]1(O)C(=O)COP(=O)(O)O. The first kappa shape index (κ1) is 23.9. The number of aliphatic hydroxyl groups is 2. The van der Waals surface area contributed by atoms with E-state index in [0.29, 0.717) is 12.0 Å². The fourth-order valence-corrected chi connectivity index (χ4v) is 7.80. The number of Topliss-reactive ketones (excluding diaryl/α,β-unsaturated/α-hetero) is 1. The minimum absolute atomic E-state index is 0.0585. The minimum atomic E-state index is -4.91. The molecule has 4 N–H and O–H groups in total. The number of phosphoric ester groups is 1. The van der Waals surface area contributed by atoms with E-state index in [4.69, 9.17) is 9.79 Å². The van der Waals surface area contributed by atoms with Gasteiger partial charge in [-0.3, -0.25) is 14.1 Å². The normalized spacial score (nSPS) is 48.0. The largest absolute Gasteiger partial charge is 0.470 e. The zero-order chi connectivity index (χ0) is 23.9. The van der Waals surface area contributed by atoms with Crippen molar-refractivity contribution in [3.63, 3.8) is 0 Å². The van der Waals surface area contributed by atoms with Crippen LogP contribution in [0.3, 0.4) is 0 Å². The molecule has 3 saturated carbocycles. The highest BCUT2D eigenvalue weighted by Crippen LogP contribution is 2.68. The summed E-state index contributed by atoms with van der Waals surface area (Å²) < 4.78 is 30.8. The maximum absolute atomic E-state index is 15.3. The summed E-state index contributed by atoms with van der Waals surface area (Å²) in [6.07, 6.45) is 2.54. The van der Waals surface area contributed by atoms with Crippen LogP contribution >= 0.6 is 7.82 Å². The zero-order valence-corrected chi connectivity index (χ0v) is 19.2. The molecule has 4 aliphatic carbocycles. The Morgan fingerprint density at radius 1 is 1.31 bits per heavy atom. The number of ketones is 2. The van der Waals surface area contributed by atoms with E-state index >= 15 is 4.39 Å². The second kappa shape index (κ2) is 7.39. The number of carbonyl (C=O) groups excluding carboxylic acids is 2. The van der Waals surface area contributed by atoms with Crippen molar-refractivity contribution in [2.45, 2.75) is 57.9 Å². The van der Waals surface area contributed by atoms with Crippen LogP contribution in [0.2, 0.25) is 0 Å². The number of fused-ring (bicyclic) bond motifs is 5. The number of alkyl halides is 1. The molecule has 0 heterocycles. The van der Waals surface area contributed by atoms with Crippen LogP contribution in [0.5, 0.6) is 0 Å². The van der Waals surface area contributed by atoms with Crippen molar-refractivity contribution in [2.24, 2.45) is 34.5 Å². The Labute approximate surface area is 185 Å². The average Bonchev–Trinajstić information content (AvgIpc) is 2.88. The molecule has 0 bridgehead atoms. The molecule has 8 nitrogen and oxygen atoms in total. The van der Waals surface area contributed by atoms with Crippen LogP contribution in [-0.4, -0.2) is 56.0 Å². The van der Waals surface area contributed by atoms with Crippen LogP contribution in [0.15, 0.2) is 23.8 Å². The molecule has 4 rings (SSSR count). The maximum Gasteiger partial charge on any atom is 0.470 e. The van der Waals surface area contributed by atoms with Gasteiger partial charge in [0.05, 0.1) is 6.10 Å². The Bertz CT molecular complexity index is 958. The Balaban J connectivity index is 1.72. The molecule has 0 aromatic carbocycles. The third kappa shape index (κ3) is 3.24. The second-order valence-electron chi connectivity index (χ2n) is 10.4. The first-order valence-electron chi connectivity index (χ1n) is 10.9. The predicted molar refractivity (Wildman–Crippen MR) is 111 cm³/mol. The molecule has 9 atom stereocenters. The smallest absolute Gasteiger partial charge is 0.393 e. The number of phosphoric acid groups is 1. The summed E-state index contributed by atoms with van der Waals surface area (Å²) in [5.41, 5.74) is -3.61. The summed E-state index contributed by atoms with van der Waals surface area (Å²) in [4.78, 5) is 42.8. The second-order valence-corrected chi connectivity index (χ2v) is 11.6. The van der Waals surface area contributed by atoms with Crippen LogP contribution in [0.1, 0.15) is 40.0 Å². The van der Waals surface area contributed by atoms with Crippen molar-refractivity contribution in [3.8, 4) is 0 Å². The number of carbonyl (C=O) groups is 2. The summed E-state index contributed by atoms with van der Waals surface area (Å²) >= 11 is 0. The van der Waals surface area contributed by atoms with E-state index in [1.165, 1.54) is 12.2 Å². The van der Waals surface area contributed by atoms with Gasteiger partial charge in [-0.05, 0) is 54.7 Å².